The molecule has 18 heavy (non-hydrogen) atoms. The number of rotatable bonds is 1. The van der Waals surface area contributed by atoms with Gasteiger partial charge in [-0.1, -0.05) is 6.92 Å². The second-order valence-corrected chi connectivity index (χ2v) is 4.66. The van der Waals surface area contributed by atoms with Crippen molar-refractivity contribution in [1.29, 1.82) is 0 Å². The van der Waals surface area contributed by atoms with E-state index >= 15 is 0 Å². The lowest BCUT2D eigenvalue weighted by atomic mass is 10.0. The van der Waals surface area contributed by atoms with Crippen molar-refractivity contribution < 1.29 is 19.7 Å². The molecule has 0 saturated heterocycles. The number of amides is 1. The van der Waals surface area contributed by atoms with Crippen molar-refractivity contribution in [2.45, 2.75) is 32.4 Å². The SMILES string of the molecule is CC[C@@]1(C)CN(C(=O)O)Cc2nc(O)ccc2O1. The third-order valence-electron chi connectivity index (χ3n) is 3.16. The lowest BCUT2D eigenvalue weighted by Gasteiger charge is -2.30. The second kappa shape index (κ2) is 4.36. The molecule has 1 aromatic heterocycles. The Balaban J connectivity index is 2.43. The zero-order valence-electron chi connectivity index (χ0n) is 10.4. The number of hydrogen-bond donors (Lipinski definition) is 2. The zero-order chi connectivity index (χ0) is 13.3. The normalized spacial score (nSPS) is 22.9. The maximum absolute atomic E-state index is 11.2. The predicted octanol–water partition coefficient (Wildman–Crippen LogP) is 1.83. The molecule has 1 atom stereocenters. The van der Waals surface area contributed by atoms with Crippen molar-refractivity contribution in [1.82, 2.24) is 9.88 Å². The largest absolute Gasteiger partial charge is 0.493 e. The lowest BCUT2D eigenvalue weighted by molar-refractivity contribution is 0.0497. The van der Waals surface area contributed by atoms with Crippen LogP contribution in [-0.2, 0) is 6.54 Å². The van der Waals surface area contributed by atoms with E-state index in [0.29, 0.717) is 17.9 Å². The number of aromatic nitrogens is 1. The van der Waals surface area contributed by atoms with Crippen molar-refractivity contribution in [2.24, 2.45) is 0 Å². The van der Waals surface area contributed by atoms with Crippen LogP contribution in [-0.4, -0.2) is 38.3 Å². The number of hydrogen-bond acceptors (Lipinski definition) is 4. The van der Waals surface area contributed by atoms with Crippen LogP contribution >= 0.6 is 0 Å². The van der Waals surface area contributed by atoms with Crippen molar-refractivity contribution in [2.75, 3.05) is 6.54 Å². The first-order chi connectivity index (χ1) is 8.43. The average Bonchev–Trinajstić information content (AvgIpc) is 2.46. The fourth-order valence-electron chi connectivity index (χ4n) is 1.94. The summed E-state index contributed by atoms with van der Waals surface area (Å²) < 4.78 is 5.85. The van der Waals surface area contributed by atoms with Gasteiger partial charge in [-0.15, -0.1) is 0 Å². The Kier molecular flexibility index (Phi) is 3.02. The maximum atomic E-state index is 11.2. The summed E-state index contributed by atoms with van der Waals surface area (Å²) in [7, 11) is 0. The minimum absolute atomic E-state index is 0.120. The van der Waals surface area contributed by atoms with Gasteiger partial charge in [-0.3, -0.25) is 4.90 Å². The Labute approximate surface area is 105 Å². The molecule has 1 aliphatic heterocycles. The first-order valence-corrected chi connectivity index (χ1v) is 5.79. The Morgan fingerprint density at radius 1 is 1.61 bits per heavy atom. The van der Waals surface area contributed by atoms with E-state index in [1.807, 2.05) is 13.8 Å². The number of carbonyl (C=O) groups is 1. The average molecular weight is 252 g/mol. The summed E-state index contributed by atoms with van der Waals surface area (Å²) in [5, 5.41) is 18.5. The molecule has 2 rings (SSSR count). The molecule has 0 bridgehead atoms. The quantitative estimate of drug-likeness (QED) is 0.796. The molecule has 0 aliphatic carbocycles. The molecule has 1 aromatic rings. The first-order valence-electron chi connectivity index (χ1n) is 5.79. The van der Waals surface area contributed by atoms with Gasteiger partial charge in [0.1, 0.15) is 17.0 Å². The van der Waals surface area contributed by atoms with Crippen LogP contribution in [0.3, 0.4) is 0 Å². The summed E-state index contributed by atoms with van der Waals surface area (Å²) in [5.41, 5.74) is -0.142. The molecule has 0 radical (unpaired) electrons. The van der Waals surface area contributed by atoms with Crippen LogP contribution in [0, 0.1) is 0 Å². The Hall–Kier alpha value is -1.98. The van der Waals surface area contributed by atoms with Gasteiger partial charge in [0.05, 0.1) is 13.1 Å². The van der Waals surface area contributed by atoms with E-state index < -0.39 is 11.7 Å². The third-order valence-corrected chi connectivity index (χ3v) is 3.16. The molecule has 2 heterocycles. The summed E-state index contributed by atoms with van der Waals surface area (Å²) in [5.74, 6) is 0.392. The van der Waals surface area contributed by atoms with Crippen LogP contribution in [0.1, 0.15) is 26.0 Å². The van der Waals surface area contributed by atoms with Gasteiger partial charge in [-0.25, -0.2) is 9.78 Å². The van der Waals surface area contributed by atoms with Gasteiger partial charge in [-0.05, 0) is 19.4 Å². The molecule has 98 valence electrons. The molecule has 0 aromatic carbocycles. The van der Waals surface area contributed by atoms with Gasteiger partial charge in [0, 0.05) is 6.07 Å². The van der Waals surface area contributed by atoms with Crippen LogP contribution in [0.5, 0.6) is 11.6 Å². The van der Waals surface area contributed by atoms with Gasteiger partial charge in [-0.2, -0.15) is 0 Å². The van der Waals surface area contributed by atoms with Crippen molar-refractivity contribution in [3.63, 3.8) is 0 Å². The van der Waals surface area contributed by atoms with E-state index in [1.165, 1.54) is 11.0 Å². The fourth-order valence-corrected chi connectivity index (χ4v) is 1.94. The predicted molar refractivity (Wildman–Crippen MR) is 63.7 cm³/mol. The Morgan fingerprint density at radius 3 is 2.94 bits per heavy atom. The molecule has 1 amide bonds. The Morgan fingerprint density at radius 2 is 2.33 bits per heavy atom. The zero-order valence-corrected chi connectivity index (χ0v) is 10.4. The van der Waals surface area contributed by atoms with Gasteiger partial charge in [0.2, 0.25) is 5.88 Å². The van der Waals surface area contributed by atoms with E-state index in [-0.39, 0.29) is 19.0 Å². The molecule has 0 saturated carbocycles. The summed E-state index contributed by atoms with van der Waals surface area (Å²) in [6.45, 7) is 4.20. The highest BCUT2D eigenvalue weighted by molar-refractivity contribution is 5.65. The monoisotopic (exact) mass is 252 g/mol. The molecule has 0 fully saturated rings. The van der Waals surface area contributed by atoms with Gasteiger partial charge >= 0.3 is 6.09 Å². The van der Waals surface area contributed by atoms with Gasteiger partial charge < -0.3 is 14.9 Å². The van der Waals surface area contributed by atoms with Crippen LogP contribution in [0.2, 0.25) is 0 Å². The topological polar surface area (TPSA) is 82.9 Å². The van der Waals surface area contributed by atoms with E-state index in [0.717, 1.165) is 0 Å². The van der Waals surface area contributed by atoms with Crippen molar-refractivity contribution in [3.05, 3.63) is 17.8 Å². The van der Waals surface area contributed by atoms with Crippen LogP contribution in [0.25, 0.3) is 0 Å². The summed E-state index contributed by atoms with van der Waals surface area (Å²) in [4.78, 5) is 16.4. The highest BCUT2D eigenvalue weighted by Crippen LogP contribution is 2.31. The molecule has 6 nitrogen and oxygen atoms in total. The maximum Gasteiger partial charge on any atom is 0.407 e. The number of carboxylic acid groups (broad SMARTS) is 1. The van der Waals surface area contributed by atoms with E-state index in [9.17, 15) is 9.90 Å². The molecule has 2 N–H and O–H groups in total. The smallest absolute Gasteiger partial charge is 0.407 e. The van der Waals surface area contributed by atoms with Crippen LogP contribution in [0.15, 0.2) is 12.1 Å². The van der Waals surface area contributed by atoms with Crippen LogP contribution < -0.4 is 4.74 Å². The second-order valence-electron chi connectivity index (χ2n) is 4.66. The Bertz CT molecular complexity index is 477. The number of ether oxygens (including phenoxy) is 1. The molecular weight excluding hydrogens is 236 g/mol. The standard InChI is InChI=1S/C12H16N2O4/c1-3-12(2)7-14(11(16)17)6-8-9(18-12)4-5-10(15)13-8/h4-5H,3,6-7H2,1-2H3,(H,13,15)(H,16,17)/t12-/m0/s1. The lowest BCUT2D eigenvalue weighted by Crippen LogP contribution is -2.44. The van der Waals surface area contributed by atoms with E-state index in [4.69, 9.17) is 9.84 Å². The third kappa shape index (κ3) is 2.32. The first kappa shape index (κ1) is 12.5. The number of nitrogens with zero attached hydrogens (tertiary/aromatic N) is 2. The number of aromatic hydroxyl groups is 1. The van der Waals surface area contributed by atoms with Gasteiger partial charge in [0.15, 0.2) is 0 Å². The molecule has 0 spiro atoms. The number of pyridine rings is 1. The van der Waals surface area contributed by atoms with E-state index in [1.54, 1.807) is 6.07 Å². The van der Waals surface area contributed by atoms with Crippen molar-refractivity contribution >= 4 is 6.09 Å². The van der Waals surface area contributed by atoms with Crippen LogP contribution in [0.4, 0.5) is 4.79 Å². The molecule has 0 unspecified atom stereocenters. The molecular formula is C12H16N2O4. The van der Waals surface area contributed by atoms with E-state index in [2.05, 4.69) is 4.98 Å². The van der Waals surface area contributed by atoms with Gasteiger partial charge in [0.25, 0.3) is 0 Å². The minimum Gasteiger partial charge on any atom is -0.493 e. The fraction of sp³-hybridized carbons (Fsp3) is 0.500. The minimum atomic E-state index is -1.02. The summed E-state index contributed by atoms with van der Waals surface area (Å²) in [6.07, 6.45) is -0.340. The highest BCUT2D eigenvalue weighted by Gasteiger charge is 2.34. The summed E-state index contributed by atoms with van der Waals surface area (Å²) >= 11 is 0. The van der Waals surface area contributed by atoms with Crippen molar-refractivity contribution in [3.8, 4) is 11.6 Å². The molecule has 6 heteroatoms. The molecule has 1 aliphatic rings. The number of fused-ring (bicyclic) bond motifs is 1. The highest BCUT2D eigenvalue weighted by atomic mass is 16.5. The summed E-state index contributed by atoms with van der Waals surface area (Å²) in [6, 6.07) is 3.06.